The van der Waals surface area contributed by atoms with Gasteiger partial charge in [0, 0.05) is 17.7 Å². The average molecular weight is 385 g/mol. The molecule has 1 heterocycles. The lowest BCUT2D eigenvalue weighted by Crippen LogP contribution is -2.19. The Labute approximate surface area is 158 Å². The summed E-state index contributed by atoms with van der Waals surface area (Å²) in [5.74, 6) is 0.0308. The minimum Gasteiger partial charge on any atom is -0.507 e. The third kappa shape index (κ3) is 4.26. The minimum absolute atomic E-state index is 0.159. The van der Waals surface area contributed by atoms with Gasteiger partial charge in [0.2, 0.25) is 0 Å². The van der Waals surface area contributed by atoms with Crippen LogP contribution in [0.25, 0.3) is 6.08 Å². The van der Waals surface area contributed by atoms with Gasteiger partial charge in [-0.05, 0) is 43.0 Å². The van der Waals surface area contributed by atoms with Crippen molar-refractivity contribution in [2.45, 2.75) is 6.92 Å². The second-order valence-electron chi connectivity index (χ2n) is 5.38. The van der Waals surface area contributed by atoms with E-state index in [1.165, 1.54) is 24.3 Å². The molecule has 0 atom stereocenters. The first-order valence-corrected chi connectivity index (χ1v) is 8.78. The van der Waals surface area contributed by atoms with Gasteiger partial charge in [-0.1, -0.05) is 12.1 Å². The van der Waals surface area contributed by atoms with Gasteiger partial charge in [-0.3, -0.25) is 14.9 Å². The zero-order chi connectivity index (χ0) is 19.4. The van der Waals surface area contributed by atoms with E-state index in [1.807, 2.05) is 13.0 Å². The first kappa shape index (κ1) is 18.5. The summed E-state index contributed by atoms with van der Waals surface area (Å²) in [5, 5.41) is 23.8. The van der Waals surface area contributed by atoms with E-state index in [1.54, 1.807) is 18.2 Å². The largest absolute Gasteiger partial charge is 0.507 e. The molecule has 8 nitrogen and oxygen atoms in total. The summed E-state index contributed by atoms with van der Waals surface area (Å²) in [6.07, 6.45) is 1.39. The molecule has 27 heavy (non-hydrogen) atoms. The molecule has 0 aliphatic carbocycles. The second-order valence-corrected chi connectivity index (χ2v) is 6.41. The van der Waals surface area contributed by atoms with Crippen molar-refractivity contribution in [1.29, 1.82) is 0 Å². The lowest BCUT2D eigenvalue weighted by Gasteiger charge is -2.06. The molecule has 1 saturated heterocycles. The number of non-ortho nitro benzene ring substituents is 1. The maximum atomic E-state index is 12.2. The van der Waals surface area contributed by atoms with Crippen molar-refractivity contribution in [3.05, 3.63) is 63.0 Å². The number of nitrogens with one attached hydrogen (secondary N) is 1. The number of para-hydroxylation sites is 2. The Morgan fingerprint density at radius 2 is 2.11 bits per heavy atom. The molecule has 0 aromatic heterocycles. The molecule has 0 unspecified atom stereocenters. The Kier molecular flexibility index (Phi) is 5.41. The highest BCUT2D eigenvalue weighted by molar-refractivity contribution is 8.18. The van der Waals surface area contributed by atoms with Crippen LogP contribution in [0.1, 0.15) is 12.5 Å². The molecule has 0 saturated carbocycles. The molecule has 2 aromatic carbocycles. The van der Waals surface area contributed by atoms with Crippen molar-refractivity contribution >= 4 is 40.3 Å². The van der Waals surface area contributed by atoms with Crippen LogP contribution in [0.15, 0.2) is 52.4 Å². The normalized spacial score (nSPS) is 16.6. The number of hydrogen-bond donors (Lipinski definition) is 2. The zero-order valence-electron chi connectivity index (χ0n) is 14.2. The molecule has 0 spiro atoms. The smallest absolute Gasteiger partial charge is 0.270 e. The number of ether oxygens (including phenoxy) is 1. The quantitative estimate of drug-likeness (QED) is 0.462. The Morgan fingerprint density at radius 3 is 2.85 bits per heavy atom. The molecular weight excluding hydrogens is 370 g/mol. The number of thioether (sulfide) groups is 1. The minimum atomic E-state index is -0.569. The highest BCUT2D eigenvalue weighted by Gasteiger charge is 2.25. The first-order chi connectivity index (χ1) is 13.0. The Morgan fingerprint density at radius 1 is 1.33 bits per heavy atom. The van der Waals surface area contributed by atoms with Gasteiger partial charge < -0.3 is 15.2 Å². The number of carbonyl (C=O) groups excluding carboxylic acids is 1. The van der Waals surface area contributed by atoms with Crippen LogP contribution in [-0.2, 0) is 4.79 Å². The number of aromatic hydroxyl groups is 1. The third-order valence-corrected chi connectivity index (χ3v) is 4.46. The van der Waals surface area contributed by atoms with Gasteiger partial charge in [0.25, 0.3) is 11.6 Å². The van der Waals surface area contributed by atoms with Gasteiger partial charge in [-0.2, -0.15) is 0 Å². The van der Waals surface area contributed by atoms with Crippen LogP contribution in [-0.4, -0.2) is 27.7 Å². The molecule has 2 N–H and O–H groups in total. The van der Waals surface area contributed by atoms with Crippen LogP contribution in [0.3, 0.4) is 0 Å². The number of aliphatic imine (C=N–C) groups is 1. The molecule has 1 aliphatic rings. The Hall–Kier alpha value is -3.33. The Balaban J connectivity index is 1.89. The Bertz CT molecular complexity index is 971. The number of carbonyl (C=O) groups is 1. The molecular formula is C18H15N3O5S. The number of amides is 1. The highest BCUT2D eigenvalue weighted by Crippen LogP contribution is 2.34. The van der Waals surface area contributed by atoms with Crippen molar-refractivity contribution in [3.8, 4) is 11.5 Å². The standard InChI is InChI=1S/C18H15N3O5S/c1-2-26-15-6-4-3-5-13(15)19-18-20-17(23)16(27-18)10-11-9-12(21(24)25)7-8-14(11)22/h3-10,22H,2H2,1H3,(H,19,20,23)/b16-10+. The topological polar surface area (TPSA) is 114 Å². The predicted octanol–water partition coefficient (Wildman–Crippen LogP) is 3.59. The monoisotopic (exact) mass is 385 g/mol. The van der Waals surface area contributed by atoms with E-state index in [4.69, 9.17) is 4.74 Å². The van der Waals surface area contributed by atoms with Gasteiger partial charge in [0.1, 0.15) is 17.2 Å². The fraction of sp³-hybridized carbons (Fsp3) is 0.111. The van der Waals surface area contributed by atoms with Gasteiger partial charge in [-0.25, -0.2) is 4.99 Å². The molecule has 1 fully saturated rings. The van der Waals surface area contributed by atoms with E-state index in [2.05, 4.69) is 10.3 Å². The lowest BCUT2D eigenvalue weighted by molar-refractivity contribution is -0.384. The van der Waals surface area contributed by atoms with Gasteiger partial charge in [-0.15, -0.1) is 0 Å². The van der Waals surface area contributed by atoms with Crippen LogP contribution >= 0.6 is 11.8 Å². The van der Waals surface area contributed by atoms with Crippen LogP contribution in [0.2, 0.25) is 0 Å². The van der Waals surface area contributed by atoms with Crippen LogP contribution in [0, 0.1) is 10.1 Å². The fourth-order valence-corrected chi connectivity index (χ4v) is 3.15. The number of amidine groups is 1. The summed E-state index contributed by atoms with van der Waals surface area (Å²) in [4.78, 5) is 27.2. The molecule has 1 aliphatic heterocycles. The molecule has 2 aromatic rings. The first-order valence-electron chi connectivity index (χ1n) is 7.96. The summed E-state index contributed by atoms with van der Waals surface area (Å²) in [6, 6.07) is 10.8. The van der Waals surface area contributed by atoms with E-state index in [0.717, 1.165) is 11.8 Å². The maximum absolute atomic E-state index is 12.2. The van der Waals surface area contributed by atoms with Crippen LogP contribution in [0.5, 0.6) is 11.5 Å². The fourth-order valence-electron chi connectivity index (χ4n) is 2.33. The number of nitrogens with zero attached hydrogens (tertiary/aromatic N) is 2. The van der Waals surface area contributed by atoms with Gasteiger partial charge in [0.15, 0.2) is 5.17 Å². The molecule has 0 radical (unpaired) electrons. The number of hydrogen-bond acceptors (Lipinski definition) is 7. The summed E-state index contributed by atoms with van der Waals surface area (Å²) < 4.78 is 5.51. The zero-order valence-corrected chi connectivity index (χ0v) is 15.0. The maximum Gasteiger partial charge on any atom is 0.270 e. The van der Waals surface area contributed by atoms with E-state index in [9.17, 15) is 20.0 Å². The van der Waals surface area contributed by atoms with E-state index in [-0.39, 0.29) is 21.9 Å². The lowest BCUT2D eigenvalue weighted by atomic mass is 10.1. The van der Waals surface area contributed by atoms with Gasteiger partial charge in [0.05, 0.1) is 16.4 Å². The molecule has 1 amide bonds. The summed E-state index contributed by atoms with van der Waals surface area (Å²) in [7, 11) is 0. The van der Waals surface area contributed by atoms with E-state index >= 15 is 0 Å². The van der Waals surface area contributed by atoms with E-state index in [0.29, 0.717) is 23.2 Å². The van der Waals surface area contributed by atoms with Crippen LogP contribution in [0.4, 0.5) is 11.4 Å². The molecule has 3 rings (SSSR count). The number of phenolic OH excluding ortho intramolecular Hbond substituents is 1. The average Bonchev–Trinajstić information content (AvgIpc) is 2.97. The number of benzene rings is 2. The number of phenols is 1. The third-order valence-electron chi connectivity index (χ3n) is 3.55. The van der Waals surface area contributed by atoms with Crippen molar-refractivity contribution in [2.75, 3.05) is 6.61 Å². The molecule has 9 heteroatoms. The van der Waals surface area contributed by atoms with Gasteiger partial charge >= 0.3 is 0 Å². The summed E-state index contributed by atoms with van der Waals surface area (Å²) in [5.41, 5.74) is 0.571. The highest BCUT2D eigenvalue weighted by atomic mass is 32.2. The second kappa shape index (κ2) is 7.92. The molecule has 138 valence electrons. The molecule has 0 bridgehead atoms. The van der Waals surface area contributed by atoms with E-state index < -0.39 is 10.8 Å². The van der Waals surface area contributed by atoms with Crippen molar-refractivity contribution in [2.24, 2.45) is 4.99 Å². The number of nitro benzene ring substituents is 1. The predicted molar refractivity (Wildman–Crippen MR) is 103 cm³/mol. The summed E-state index contributed by atoms with van der Waals surface area (Å²) in [6.45, 7) is 2.35. The van der Waals surface area contributed by atoms with Crippen molar-refractivity contribution in [1.82, 2.24) is 5.32 Å². The van der Waals surface area contributed by atoms with Crippen molar-refractivity contribution in [3.63, 3.8) is 0 Å². The van der Waals surface area contributed by atoms with Crippen LogP contribution < -0.4 is 10.1 Å². The number of nitro groups is 1. The number of rotatable bonds is 5. The SMILES string of the molecule is CCOc1ccccc1N=C1NC(=O)/C(=C\c2cc([N+](=O)[O-])ccc2O)S1. The summed E-state index contributed by atoms with van der Waals surface area (Å²) >= 11 is 1.07. The van der Waals surface area contributed by atoms with Crippen molar-refractivity contribution < 1.29 is 19.6 Å².